The predicted octanol–water partition coefficient (Wildman–Crippen LogP) is 3.38. The van der Waals surface area contributed by atoms with E-state index in [0.29, 0.717) is 19.3 Å². The molecule has 0 aromatic heterocycles. The molecule has 4 bridgehead atoms. The van der Waals surface area contributed by atoms with Gasteiger partial charge in [-0.15, -0.1) is 0 Å². The van der Waals surface area contributed by atoms with Crippen molar-refractivity contribution < 1.29 is 14.3 Å². The zero-order valence-electron chi connectivity index (χ0n) is 16.1. The molecule has 27 heavy (non-hydrogen) atoms. The molecular weight excluding hydrogens is 340 g/mol. The molecular formula is C22H30N2O3. The minimum Gasteiger partial charge on any atom is -0.497 e. The fourth-order valence-electron chi connectivity index (χ4n) is 6.14. The Bertz CT molecular complexity index is 663. The quantitative estimate of drug-likeness (QED) is 0.755. The van der Waals surface area contributed by atoms with Crippen LogP contribution in [0.1, 0.15) is 56.9 Å². The lowest BCUT2D eigenvalue weighted by molar-refractivity contribution is -0.134. The van der Waals surface area contributed by atoms with Crippen LogP contribution < -0.4 is 15.6 Å². The molecule has 0 unspecified atom stereocenters. The van der Waals surface area contributed by atoms with Crippen LogP contribution in [0, 0.1) is 23.2 Å². The number of benzene rings is 1. The first-order chi connectivity index (χ1) is 13.0. The molecule has 0 atom stereocenters. The van der Waals surface area contributed by atoms with E-state index < -0.39 is 0 Å². The number of hydrogen-bond acceptors (Lipinski definition) is 3. The summed E-state index contributed by atoms with van der Waals surface area (Å²) in [5.74, 6) is 3.13. The topological polar surface area (TPSA) is 67.4 Å². The zero-order chi connectivity index (χ0) is 18.9. The predicted molar refractivity (Wildman–Crippen MR) is 103 cm³/mol. The van der Waals surface area contributed by atoms with Gasteiger partial charge in [0.15, 0.2) is 0 Å². The van der Waals surface area contributed by atoms with Crippen LogP contribution in [0.4, 0.5) is 0 Å². The van der Waals surface area contributed by atoms with Gasteiger partial charge in [0.2, 0.25) is 11.8 Å². The molecule has 0 radical (unpaired) electrons. The summed E-state index contributed by atoms with van der Waals surface area (Å²) in [4.78, 5) is 24.5. The molecule has 5 heteroatoms. The third kappa shape index (κ3) is 4.28. The summed E-state index contributed by atoms with van der Waals surface area (Å²) in [6.45, 7) is 0. The summed E-state index contributed by atoms with van der Waals surface area (Å²) in [6.07, 6.45) is 9.31. The van der Waals surface area contributed by atoms with E-state index in [2.05, 4.69) is 10.9 Å². The Hall–Kier alpha value is -2.04. The first-order valence-electron chi connectivity index (χ1n) is 10.2. The van der Waals surface area contributed by atoms with E-state index in [-0.39, 0.29) is 17.2 Å². The number of carbonyl (C=O) groups excluding carboxylic acids is 2. The van der Waals surface area contributed by atoms with Crippen molar-refractivity contribution >= 4 is 11.8 Å². The third-order valence-corrected chi connectivity index (χ3v) is 6.84. The van der Waals surface area contributed by atoms with Gasteiger partial charge in [-0.1, -0.05) is 12.1 Å². The van der Waals surface area contributed by atoms with Crippen molar-refractivity contribution in [3.8, 4) is 5.75 Å². The summed E-state index contributed by atoms with van der Waals surface area (Å²) < 4.78 is 5.13. The van der Waals surface area contributed by atoms with Gasteiger partial charge in [0.05, 0.1) is 7.11 Å². The van der Waals surface area contributed by atoms with Crippen LogP contribution in [-0.4, -0.2) is 18.9 Å². The average Bonchev–Trinajstić information content (AvgIpc) is 2.63. The van der Waals surface area contributed by atoms with Gasteiger partial charge >= 0.3 is 0 Å². The molecule has 4 fully saturated rings. The van der Waals surface area contributed by atoms with Crippen LogP contribution in [0.25, 0.3) is 0 Å². The van der Waals surface area contributed by atoms with Gasteiger partial charge in [0, 0.05) is 12.8 Å². The van der Waals surface area contributed by atoms with Crippen molar-refractivity contribution in [1.82, 2.24) is 10.9 Å². The Balaban J connectivity index is 1.20. The van der Waals surface area contributed by atoms with Crippen LogP contribution in [0.3, 0.4) is 0 Å². The molecule has 1 aromatic rings. The number of hydrazine groups is 1. The highest BCUT2D eigenvalue weighted by Gasteiger charge is 2.51. The Morgan fingerprint density at radius 2 is 1.52 bits per heavy atom. The Kier molecular flexibility index (Phi) is 5.11. The lowest BCUT2D eigenvalue weighted by atomic mass is 9.49. The molecule has 0 spiro atoms. The first kappa shape index (κ1) is 18.3. The number of hydrogen-bond donors (Lipinski definition) is 2. The Morgan fingerprint density at radius 3 is 2.07 bits per heavy atom. The van der Waals surface area contributed by atoms with Crippen LogP contribution >= 0.6 is 0 Å². The number of methoxy groups -OCH3 is 1. The molecule has 4 aliphatic carbocycles. The lowest BCUT2D eigenvalue weighted by Gasteiger charge is -2.56. The van der Waals surface area contributed by atoms with Crippen molar-refractivity contribution in [1.29, 1.82) is 0 Å². The summed E-state index contributed by atoms with van der Waals surface area (Å²) >= 11 is 0. The minimum atomic E-state index is -0.148. The number of aryl methyl sites for hydroxylation is 1. The Morgan fingerprint density at radius 1 is 0.963 bits per heavy atom. The van der Waals surface area contributed by atoms with Gasteiger partial charge in [-0.25, -0.2) is 0 Å². The molecule has 0 aliphatic heterocycles. The van der Waals surface area contributed by atoms with Crippen molar-refractivity contribution in [3.05, 3.63) is 29.8 Å². The Labute approximate surface area is 161 Å². The van der Waals surface area contributed by atoms with Crippen LogP contribution in [0.2, 0.25) is 0 Å². The molecule has 5 rings (SSSR count). The standard InChI is InChI=1S/C22H30N2O3/c1-27-19-5-2-15(3-6-19)4-7-20(25)23-24-21(26)14-22-11-16-8-17(12-22)10-18(9-16)13-22/h2-3,5-6,16-18H,4,7-14H2,1H3,(H,23,25)(H,24,26). The van der Waals surface area contributed by atoms with Crippen LogP contribution in [0.15, 0.2) is 24.3 Å². The highest BCUT2D eigenvalue weighted by Crippen LogP contribution is 2.61. The zero-order valence-corrected chi connectivity index (χ0v) is 16.1. The SMILES string of the molecule is COc1ccc(CCC(=O)NNC(=O)CC23CC4CC(CC(C4)C2)C3)cc1. The molecule has 5 nitrogen and oxygen atoms in total. The largest absolute Gasteiger partial charge is 0.497 e. The number of carbonyl (C=O) groups is 2. The van der Waals surface area contributed by atoms with Crippen LogP contribution in [-0.2, 0) is 16.0 Å². The van der Waals surface area contributed by atoms with E-state index in [4.69, 9.17) is 4.74 Å². The maximum atomic E-state index is 12.4. The molecule has 4 saturated carbocycles. The molecule has 146 valence electrons. The molecule has 0 heterocycles. The molecule has 0 saturated heterocycles. The van der Waals surface area contributed by atoms with Gasteiger partial charge in [-0.05, 0) is 85.8 Å². The van der Waals surface area contributed by atoms with Crippen LogP contribution in [0.5, 0.6) is 5.75 Å². The highest BCUT2D eigenvalue weighted by atomic mass is 16.5. The first-order valence-corrected chi connectivity index (χ1v) is 10.2. The van der Waals surface area contributed by atoms with Crippen molar-refractivity contribution in [2.75, 3.05) is 7.11 Å². The van der Waals surface area contributed by atoms with Gasteiger partial charge in [-0.3, -0.25) is 20.4 Å². The summed E-state index contributed by atoms with van der Waals surface area (Å²) in [5.41, 5.74) is 6.52. The van der Waals surface area contributed by atoms with Crippen molar-refractivity contribution in [2.24, 2.45) is 23.2 Å². The second-order valence-corrected chi connectivity index (χ2v) is 9.04. The normalized spacial score (nSPS) is 30.8. The highest BCUT2D eigenvalue weighted by molar-refractivity contribution is 5.82. The fraction of sp³-hybridized carbons (Fsp3) is 0.636. The molecule has 1 aromatic carbocycles. The number of rotatable bonds is 6. The summed E-state index contributed by atoms with van der Waals surface area (Å²) in [7, 11) is 1.63. The maximum Gasteiger partial charge on any atom is 0.238 e. The molecule has 2 amide bonds. The number of amides is 2. The monoisotopic (exact) mass is 370 g/mol. The number of nitrogens with one attached hydrogen (secondary N) is 2. The van der Waals surface area contributed by atoms with E-state index in [1.54, 1.807) is 7.11 Å². The second-order valence-electron chi connectivity index (χ2n) is 9.04. The van der Waals surface area contributed by atoms with E-state index in [9.17, 15) is 9.59 Å². The average molecular weight is 370 g/mol. The molecule has 4 aliphatic rings. The van der Waals surface area contributed by atoms with Gasteiger partial charge in [0.25, 0.3) is 0 Å². The smallest absolute Gasteiger partial charge is 0.238 e. The minimum absolute atomic E-state index is 0.0326. The van der Waals surface area contributed by atoms with E-state index in [0.717, 1.165) is 29.1 Å². The van der Waals surface area contributed by atoms with Crippen molar-refractivity contribution in [2.45, 2.75) is 57.8 Å². The fourth-order valence-corrected chi connectivity index (χ4v) is 6.14. The van der Waals surface area contributed by atoms with E-state index in [1.807, 2.05) is 24.3 Å². The molecule has 2 N–H and O–H groups in total. The van der Waals surface area contributed by atoms with Gasteiger partial charge in [0.1, 0.15) is 5.75 Å². The van der Waals surface area contributed by atoms with E-state index in [1.165, 1.54) is 38.5 Å². The van der Waals surface area contributed by atoms with Gasteiger partial charge < -0.3 is 4.74 Å². The maximum absolute atomic E-state index is 12.4. The van der Waals surface area contributed by atoms with Crippen molar-refractivity contribution in [3.63, 3.8) is 0 Å². The summed E-state index contributed by atoms with van der Waals surface area (Å²) in [5, 5.41) is 0. The number of ether oxygens (including phenoxy) is 1. The third-order valence-electron chi connectivity index (χ3n) is 6.84. The second kappa shape index (κ2) is 7.53. The van der Waals surface area contributed by atoms with E-state index >= 15 is 0 Å². The van der Waals surface area contributed by atoms with Gasteiger partial charge in [-0.2, -0.15) is 0 Å². The summed E-state index contributed by atoms with van der Waals surface area (Å²) in [6, 6.07) is 7.69. The lowest BCUT2D eigenvalue weighted by Crippen LogP contribution is -2.50.